The molecule has 4 nitrogen and oxygen atoms in total. The number of aryl methyl sites for hydroxylation is 1. The zero-order valence-corrected chi connectivity index (χ0v) is 9.24. The van der Waals surface area contributed by atoms with Crippen molar-refractivity contribution in [1.82, 2.24) is 4.98 Å². The lowest BCUT2D eigenvalue weighted by Gasteiger charge is -2.15. The Balaban J connectivity index is 3.51. The summed E-state index contributed by atoms with van der Waals surface area (Å²) in [5.41, 5.74) is 8.03. The molecule has 0 atom stereocenters. The van der Waals surface area contributed by atoms with Crippen LogP contribution in [0, 0.1) is 6.92 Å². The molecule has 0 radical (unpaired) electrons. The Morgan fingerprint density at radius 1 is 1.60 bits per heavy atom. The molecular weight excluding hydrogens is 192 g/mol. The van der Waals surface area contributed by atoms with Crippen molar-refractivity contribution < 1.29 is 9.90 Å². The second-order valence-corrected chi connectivity index (χ2v) is 3.82. The zero-order chi connectivity index (χ0) is 11.6. The summed E-state index contributed by atoms with van der Waals surface area (Å²) in [5, 5.41) is 9.13. The van der Waals surface area contributed by atoms with Gasteiger partial charge in [0.05, 0.1) is 11.3 Å². The highest BCUT2D eigenvalue weighted by Crippen LogP contribution is 2.25. The van der Waals surface area contributed by atoms with Gasteiger partial charge in [0, 0.05) is 12.7 Å². The molecule has 1 aromatic rings. The van der Waals surface area contributed by atoms with Crippen molar-refractivity contribution in [2.75, 3.05) is 0 Å². The Morgan fingerprint density at radius 2 is 2.20 bits per heavy atom. The fraction of sp³-hybridized carbons (Fsp3) is 0.455. The standard InChI is InChI=1S/C11H16N2O2/c1-6(2)9-8(4-12)5-13-7(3)10(9)11(14)15/h5-6H,4,12H2,1-3H3,(H,14,15). The summed E-state index contributed by atoms with van der Waals surface area (Å²) < 4.78 is 0. The molecule has 0 fully saturated rings. The van der Waals surface area contributed by atoms with Crippen LogP contribution in [-0.4, -0.2) is 16.1 Å². The van der Waals surface area contributed by atoms with Crippen molar-refractivity contribution in [2.24, 2.45) is 5.73 Å². The second-order valence-electron chi connectivity index (χ2n) is 3.82. The van der Waals surface area contributed by atoms with E-state index in [2.05, 4.69) is 4.98 Å². The number of carboxylic acid groups (broad SMARTS) is 1. The van der Waals surface area contributed by atoms with Gasteiger partial charge in [-0.2, -0.15) is 0 Å². The number of hydrogen-bond acceptors (Lipinski definition) is 3. The summed E-state index contributed by atoms with van der Waals surface area (Å²) in [6.07, 6.45) is 1.66. The highest BCUT2D eigenvalue weighted by Gasteiger charge is 2.19. The van der Waals surface area contributed by atoms with E-state index in [1.807, 2.05) is 13.8 Å². The molecule has 0 aromatic carbocycles. The minimum Gasteiger partial charge on any atom is -0.478 e. The summed E-state index contributed by atoms with van der Waals surface area (Å²) in [5.74, 6) is -0.796. The molecule has 0 aliphatic rings. The Kier molecular flexibility index (Phi) is 3.42. The smallest absolute Gasteiger partial charge is 0.337 e. The topological polar surface area (TPSA) is 76.2 Å². The van der Waals surface area contributed by atoms with Gasteiger partial charge in [0.25, 0.3) is 0 Å². The predicted octanol–water partition coefficient (Wildman–Crippen LogP) is 1.67. The van der Waals surface area contributed by atoms with Gasteiger partial charge in [-0.25, -0.2) is 4.79 Å². The van der Waals surface area contributed by atoms with Crippen LogP contribution in [0.25, 0.3) is 0 Å². The van der Waals surface area contributed by atoms with Crippen LogP contribution in [0.5, 0.6) is 0 Å². The van der Waals surface area contributed by atoms with Crippen LogP contribution in [0.15, 0.2) is 6.20 Å². The summed E-state index contributed by atoms with van der Waals surface area (Å²) in [6.45, 7) is 5.94. The third-order valence-corrected chi connectivity index (χ3v) is 2.40. The monoisotopic (exact) mass is 208 g/mol. The van der Waals surface area contributed by atoms with Crippen LogP contribution in [-0.2, 0) is 6.54 Å². The van der Waals surface area contributed by atoms with Gasteiger partial charge in [-0.05, 0) is 24.0 Å². The molecule has 1 heterocycles. The third kappa shape index (κ3) is 2.15. The first kappa shape index (κ1) is 11.7. The van der Waals surface area contributed by atoms with Gasteiger partial charge >= 0.3 is 5.97 Å². The van der Waals surface area contributed by atoms with Gasteiger partial charge in [-0.15, -0.1) is 0 Å². The first-order valence-electron chi connectivity index (χ1n) is 4.90. The Labute approximate surface area is 89.1 Å². The van der Waals surface area contributed by atoms with E-state index < -0.39 is 5.97 Å². The number of pyridine rings is 1. The minimum atomic E-state index is -0.931. The van der Waals surface area contributed by atoms with E-state index in [0.29, 0.717) is 17.8 Å². The van der Waals surface area contributed by atoms with Gasteiger partial charge < -0.3 is 10.8 Å². The molecule has 0 saturated carbocycles. The Bertz CT molecular complexity index is 386. The summed E-state index contributed by atoms with van der Waals surface area (Å²) in [4.78, 5) is 15.2. The number of nitrogens with zero attached hydrogens (tertiary/aromatic N) is 1. The van der Waals surface area contributed by atoms with E-state index in [9.17, 15) is 4.79 Å². The maximum Gasteiger partial charge on any atom is 0.337 e. The number of carboxylic acids is 1. The minimum absolute atomic E-state index is 0.136. The summed E-state index contributed by atoms with van der Waals surface area (Å²) in [7, 11) is 0. The molecule has 15 heavy (non-hydrogen) atoms. The number of aromatic carboxylic acids is 1. The molecule has 0 bridgehead atoms. The molecular formula is C11H16N2O2. The number of rotatable bonds is 3. The van der Waals surface area contributed by atoms with E-state index in [4.69, 9.17) is 10.8 Å². The van der Waals surface area contributed by atoms with Crippen LogP contribution in [0.4, 0.5) is 0 Å². The van der Waals surface area contributed by atoms with E-state index >= 15 is 0 Å². The SMILES string of the molecule is Cc1ncc(CN)c(C(C)C)c1C(=O)O. The normalized spacial score (nSPS) is 10.7. The lowest BCUT2D eigenvalue weighted by Crippen LogP contribution is -2.13. The Hall–Kier alpha value is -1.42. The summed E-state index contributed by atoms with van der Waals surface area (Å²) >= 11 is 0. The lowest BCUT2D eigenvalue weighted by molar-refractivity contribution is 0.0693. The molecule has 0 unspecified atom stereocenters. The van der Waals surface area contributed by atoms with Crippen molar-refractivity contribution >= 4 is 5.97 Å². The second kappa shape index (κ2) is 4.40. The van der Waals surface area contributed by atoms with Gasteiger partial charge in [0.2, 0.25) is 0 Å². The molecule has 1 rings (SSSR count). The molecule has 0 saturated heterocycles. The van der Waals surface area contributed by atoms with Crippen molar-refractivity contribution in [1.29, 1.82) is 0 Å². The molecule has 1 aromatic heterocycles. The van der Waals surface area contributed by atoms with Crippen molar-refractivity contribution in [3.8, 4) is 0 Å². The highest BCUT2D eigenvalue weighted by molar-refractivity contribution is 5.91. The molecule has 0 spiro atoms. The first-order chi connectivity index (χ1) is 6.99. The van der Waals surface area contributed by atoms with Crippen LogP contribution < -0.4 is 5.73 Å². The Morgan fingerprint density at radius 3 is 2.60 bits per heavy atom. The lowest BCUT2D eigenvalue weighted by atomic mass is 9.92. The van der Waals surface area contributed by atoms with Gasteiger partial charge in [-0.3, -0.25) is 4.98 Å². The average molecular weight is 208 g/mol. The molecule has 82 valence electrons. The fourth-order valence-corrected chi connectivity index (χ4v) is 1.76. The molecule has 3 N–H and O–H groups in total. The van der Waals surface area contributed by atoms with E-state index in [0.717, 1.165) is 11.1 Å². The zero-order valence-electron chi connectivity index (χ0n) is 9.24. The van der Waals surface area contributed by atoms with Crippen molar-refractivity contribution in [3.05, 3.63) is 28.6 Å². The largest absolute Gasteiger partial charge is 0.478 e. The van der Waals surface area contributed by atoms with Crippen LogP contribution in [0.3, 0.4) is 0 Å². The number of carbonyl (C=O) groups is 1. The van der Waals surface area contributed by atoms with Crippen molar-refractivity contribution in [2.45, 2.75) is 33.2 Å². The maximum atomic E-state index is 11.1. The number of hydrogen-bond donors (Lipinski definition) is 2. The van der Waals surface area contributed by atoms with Crippen molar-refractivity contribution in [3.63, 3.8) is 0 Å². The van der Waals surface area contributed by atoms with Gasteiger partial charge in [0.15, 0.2) is 0 Å². The highest BCUT2D eigenvalue weighted by atomic mass is 16.4. The maximum absolute atomic E-state index is 11.1. The number of nitrogens with two attached hydrogens (primary N) is 1. The van der Waals surface area contributed by atoms with Crippen LogP contribution in [0.2, 0.25) is 0 Å². The first-order valence-corrected chi connectivity index (χ1v) is 4.90. The quantitative estimate of drug-likeness (QED) is 0.792. The van der Waals surface area contributed by atoms with Gasteiger partial charge in [-0.1, -0.05) is 13.8 Å². The van der Waals surface area contributed by atoms with E-state index in [-0.39, 0.29) is 5.92 Å². The fourth-order valence-electron chi connectivity index (χ4n) is 1.76. The predicted molar refractivity (Wildman–Crippen MR) is 57.9 cm³/mol. The van der Waals surface area contributed by atoms with Crippen LogP contribution >= 0.6 is 0 Å². The van der Waals surface area contributed by atoms with E-state index in [1.54, 1.807) is 13.1 Å². The molecule has 0 amide bonds. The van der Waals surface area contributed by atoms with E-state index in [1.165, 1.54) is 0 Å². The number of aromatic nitrogens is 1. The molecule has 0 aliphatic heterocycles. The third-order valence-electron chi connectivity index (χ3n) is 2.40. The van der Waals surface area contributed by atoms with Crippen LogP contribution in [0.1, 0.15) is 46.9 Å². The summed E-state index contributed by atoms with van der Waals surface area (Å²) in [6, 6.07) is 0. The molecule has 0 aliphatic carbocycles. The molecule has 4 heteroatoms. The average Bonchev–Trinajstić information content (AvgIpc) is 2.16. The van der Waals surface area contributed by atoms with Gasteiger partial charge in [0.1, 0.15) is 0 Å².